The summed E-state index contributed by atoms with van der Waals surface area (Å²) in [6.45, 7) is 1.96. The number of aromatic nitrogens is 5. The molecule has 0 aliphatic rings. The maximum atomic E-state index is 12.5. The monoisotopic (exact) mass is 352 g/mol. The predicted octanol–water partition coefficient (Wildman–Crippen LogP) is 3.56. The largest absolute Gasteiger partial charge is 0.288 e. The fourth-order valence-corrected chi connectivity index (χ4v) is 2.78. The van der Waals surface area contributed by atoms with Crippen LogP contribution >= 0.6 is 11.6 Å². The van der Waals surface area contributed by atoms with Crippen molar-refractivity contribution in [2.45, 2.75) is 6.92 Å². The van der Waals surface area contributed by atoms with Crippen molar-refractivity contribution in [3.8, 4) is 11.4 Å². The fraction of sp³-hybridized carbons (Fsp3) is 0.0588. The van der Waals surface area contributed by atoms with Gasteiger partial charge in [0.05, 0.1) is 10.5 Å². The second-order valence-electron chi connectivity index (χ2n) is 5.56. The van der Waals surface area contributed by atoms with E-state index in [0.717, 1.165) is 16.5 Å². The Bertz CT molecular complexity index is 1080. The standard InChI is InChI=1S/C17H13ClN6O/c1-9-6-7-13-11(8-9)14(22-21-13)16(25)20-17-19-15(23-24-17)10-4-2-3-5-12(10)18/h2-8H,1H3,(H,21,22)(H2,19,20,23,24,25). The number of aryl methyl sites for hydroxylation is 1. The Balaban J connectivity index is 1.61. The van der Waals surface area contributed by atoms with Gasteiger partial charge in [-0.05, 0) is 31.2 Å². The lowest BCUT2D eigenvalue weighted by Gasteiger charge is -1.99. The van der Waals surface area contributed by atoms with Crippen LogP contribution in [0, 0.1) is 6.92 Å². The van der Waals surface area contributed by atoms with Crippen LogP contribution in [0.1, 0.15) is 16.1 Å². The van der Waals surface area contributed by atoms with Crippen molar-refractivity contribution in [3.63, 3.8) is 0 Å². The number of anilines is 1. The van der Waals surface area contributed by atoms with Gasteiger partial charge in [0, 0.05) is 10.9 Å². The third-order valence-electron chi connectivity index (χ3n) is 3.77. The van der Waals surface area contributed by atoms with Gasteiger partial charge in [0.2, 0.25) is 5.95 Å². The molecule has 0 bridgehead atoms. The van der Waals surface area contributed by atoms with Gasteiger partial charge in [-0.1, -0.05) is 35.4 Å². The van der Waals surface area contributed by atoms with Crippen LogP contribution in [0.2, 0.25) is 5.02 Å². The second kappa shape index (κ2) is 6.03. The lowest BCUT2D eigenvalue weighted by molar-refractivity contribution is 0.102. The summed E-state index contributed by atoms with van der Waals surface area (Å²) in [6, 6.07) is 13.0. The van der Waals surface area contributed by atoms with Crippen molar-refractivity contribution in [2.24, 2.45) is 0 Å². The molecule has 0 radical (unpaired) electrons. The molecule has 2 aromatic heterocycles. The van der Waals surface area contributed by atoms with E-state index in [2.05, 4.69) is 30.7 Å². The van der Waals surface area contributed by atoms with E-state index >= 15 is 0 Å². The molecule has 25 heavy (non-hydrogen) atoms. The molecule has 4 aromatic rings. The third kappa shape index (κ3) is 2.85. The number of fused-ring (bicyclic) bond motifs is 1. The number of amides is 1. The maximum Gasteiger partial charge on any atom is 0.279 e. The third-order valence-corrected chi connectivity index (χ3v) is 4.10. The van der Waals surface area contributed by atoms with Gasteiger partial charge in [-0.3, -0.25) is 20.3 Å². The molecule has 4 rings (SSSR count). The summed E-state index contributed by atoms with van der Waals surface area (Å²) in [5, 5.41) is 17.7. The molecule has 7 nitrogen and oxygen atoms in total. The number of hydrogen-bond donors (Lipinski definition) is 3. The van der Waals surface area contributed by atoms with Gasteiger partial charge < -0.3 is 0 Å². The molecule has 0 fully saturated rings. The highest BCUT2D eigenvalue weighted by Gasteiger charge is 2.17. The summed E-state index contributed by atoms with van der Waals surface area (Å²) in [4.78, 5) is 16.8. The number of nitrogens with zero attached hydrogens (tertiary/aromatic N) is 3. The Kier molecular flexibility index (Phi) is 3.70. The van der Waals surface area contributed by atoms with Gasteiger partial charge in [-0.25, -0.2) is 0 Å². The fourth-order valence-electron chi connectivity index (χ4n) is 2.55. The molecule has 124 valence electrons. The first-order valence-corrected chi connectivity index (χ1v) is 7.93. The Morgan fingerprint density at radius 3 is 2.80 bits per heavy atom. The highest BCUT2D eigenvalue weighted by Crippen LogP contribution is 2.25. The van der Waals surface area contributed by atoms with Crippen LogP contribution in [-0.4, -0.2) is 31.3 Å². The molecule has 3 N–H and O–H groups in total. The van der Waals surface area contributed by atoms with Crippen molar-refractivity contribution >= 4 is 34.4 Å². The molecule has 0 spiro atoms. The zero-order chi connectivity index (χ0) is 17.4. The Labute approximate surface area is 147 Å². The number of carbonyl (C=O) groups excluding carboxylic acids is 1. The molecule has 0 unspecified atom stereocenters. The van der Waals surface area contributed by atoms with E-state index in [1.165, 1.54) is 0 Å². The van der Waals surface area contributed by atoms with E-state index < -0.39 is 0 Å². The van der Waals surface area contributed by atoms with Gasteiger partial charge in [0.15, 0.2) is 11.5 Å². The van der Waals surface area contributed by atoms with Crippen LogP contribution < -0.4 is 5.32 Å². The molecule has 0 aliphatic carbocycles. The minimum Gasteiger partial charge on any atom is -0.288 e. The molecule has 0 aliphatic heterocycles. The number of hydrogen-bond acceptors (Lipinski definition) is 4. The number of halogens is 1. The van der Waals surface area contributed by atoms with Crippen LogP contribution in [0.15, 0.2) is 42.5 Å². The molecular weight excluding hydrogens is 340 g/mol. The second-order valence-corrected chi connectivity index (χ2v) is 5.97. The number of aromatic amines is 2. The summed E-state index contributed by atoms with van der Waals surface area (Å²) in [7, 11) is 0. The summed E-state index contributed by atoms with van der Waals surface area (Å²) in [5.74, 6) is 0.244. The van der Waals surface area contributed by atoms with Gasteiger partial charge in [0.1, 0.15) is 0 Å². The highest BCUT2D eigenvalue weighted by atomic mass is 35.5. The van der Waals surface area contributed by atoms with Crippen molar-refractivity contribution < 1.29 is 4.79 Å². The summed E-state index contributed by atoms with van der Waals surface area (Å²) < 4.78 is 0. The highest BCUT2D eigenvalue weighted by molar-refractivity contribution is 6.33. The number of benzene rings is 2. The van der Waals surface area contributed by atoms with Crippen LogP contribution in [0.25, 0.3) is 22.3 Å². The van der Waals surface area contributed by atoms with Crippen molar-refractivity contribution in [3.05, 3.63) is 58.7 Å². The van der Waals surface area contributed by atoms with Crippen molar-refractivity contribution in [1.82, 2.24) is 25.4 Å². The van der Waals surface area contributed by atoms with E-state index in [1.807, 2.05) is 43.3 Å². The van der Waals surface area contributed by atoms with Gasteiger partial charge in [0.25, 0.3) is 5.91 Å². The van der Waals surface area contributed by atoms with E-state index in [0.29, 0.717) is 22.1 Å². The molecule has 2 aromatic carbocycles. The SMILES string of the molecule is Cc1ccc2[nH]nc(C(=O)Nc3n[nH]c(-c4ccccc4Cl)n3)c2c1. The van der Waals surface area contributed by atoms with Crippen LogP contribution in [-0.2, 0) is 0 Å². The van der Waals surface area contributed by atoms with Crippen molar-refractivity contribution in [2.75, 3.05) is 5.32 Å². The first kappa shape index (κ1) is 15.3. The average molecular weight is 353 g/mol. The van der Waals surface area contributed by atoms with E-state index in [9.17, 15) is 4.79 Å². The predicted molar refractivity (Wildman–Crippen MR) is 95.6 cm³/mol. The lowest BCUT2D eigenvalue weighted by Crippen LogP contribution is -2.14. The van der Waals surface area contributed by atoms with Gasteiger partial charge in [-0.15, -0.1) is 5.10 Å². The Hall–Kier alpha value is -3.19. The topological polar surface area (TPSA) is 99.4 Å². The van der Waals surface area contributed by atoms with Crippen LogP contribution in [0.3, 0.4) is 0 Å². The minimum absolute atomic E-state index is 0.156. The van der Waals surface area contributed by atoms with Crippen LogP contribution in [0.5, 0.6) is 0 Å². The zero-order valence-corrected chi connectivity index (χ0v) is 13.9. The molecule has 0 saturated heterocycles. The van der Waals surface area contributed by atoms with E-state index in [1.54, 1.807) is 6.07 Å². The summed E-state index contributed by atoms with van der Waals surface area (Å²) in [6.07, 6.45) is 0. The molecule has 0 atom stereocenters. The number of nitrogens with one attached hydrogen (secondary N) is 3. The smallest absolute Gasteiger partial charge is 0.279 e. The molecule has 2 heterocycles. The normalized spacial score (nSPS) is 11.0. The van der Waals surface area contributed by atoms with Crippen molar-refractivity contribution in [1.29, 1.82) is 0 Å². The number of H-pyrrole nitrogens is 2. The quantitative estimate of drug-likeness (QED) is 0.525. The average Bonchev–Trinajstić information content (AvgIpc) is 3.21. The first-order chi connectivity index (χ1) is 12.1. The van der Waals surface area contributed by atoms with Crippen LogP contribution in [0.4, 0.5) is 5.95 Å². The first-order valence-electron chi connectivity index (χ1n) is 7.55. The molecule has 8 heteroatoms. The Morgan fingerprint density at radius 2 is 1.96 bits per heavy atom. The molecular formula is C17H13ClN6O. The Morgan fingerprint density at radius 1 is 1.12 bits per heavy atom. The molecule has 0 saturated carbocycles. The van der Waals surface area contributed by atoms with E-state index in [4.69, 9.17) is 11.6 Å². The number of carbonyl (C=O) groups is 1. The zero-order valence-electron chi connectivity index (χ0n) is 13.2. The minimum atomic E-state index is -0.387. The van der Waals surface area contributed by atoms with Gasteiger partial charge >= 0.3 is 0 Å². The van der Waals surface area contributed by atoms with E-state index in [-0.39, 0.29) is 11.9 Å². The maximum absolute atomic E-state index is 12.5. The van der Waals surface area contributed by atoms with Gasteiger partial charge in [-0.2, -0.15) is 10.1 Å². The number of rotatable bonds is 3. The summed E-state index contributed by atoms with van der Waals surface area (Å²) >= 11 is 6.15. The molecule has 1 amide bonds. The lowest BCUT2D eigenvalue weighted by atomic mass is 10.1. The summed E-state index contributed by atoms with van der Waals surface area (Å²) in [5.41, 5.74) is 2.84.